The molecular formula is C12H18O. The van der Waals surface area contributed by atoms with E-state index in [1.165, 1.54) is 24.8 Å². The van der Waals surface area contributed by atoms with Crippen molar-refractivity contribution in [1.82, 2.24) is 0 Å². The lowest BCUT2D eigenvalue weighted by atomic mass is 9.63. The molecule has 0 N–H and O–H groups in total. The van der Waals surface area contributed by atoms with Gasteiger partial charge in [-0.15, -0.1) is 0 Å². The van der Waals surface area contributed by atoms with Gasteiger partial charge < -0.3 is 0 Å². The molecule has 1 fully saturated rings. The normalized spacial score (nSPS) is 32.3. The summed E-state index contributed by atoms with van der Waals surface area (Å²) in [6.07, 6.45) is 7.55. The summed E-state index contributed by atoms with van der Waals surface area (Å²) in [7, 11) is 0. The van der Waals surface area contributed by atoms with Crippen LogP contribution >= 0.6 is 0 Å². The first-order valence-electron chi connectivity index (χ1n) is 5.33. The molecule has 0 bridgehead atoms. The summed E-state index contributed by atoms with van der Waals surface area (Å²) < 4.78 is 0. The van der Waals surface area contributed by atoms with Crippen LogP contribution in [0.1, 0.15) is 46.0 Å². The van der Waals surface area contributed by atoms with Crippen molar-refractivity contribution in [2.75, 3.05) is 0 Å². The fourth-order valence-electron chi connectivity index (χ4n) is 2.91. The lowest BCUT2D eigenvalue weighted by Crippen LogP contribution is -2.32. The van der Waals surface area contributed by atoms with Crippen molar-refractivity contribution >= 4 is 5.78 Å². The molecule has 2 aliphatic rings. The van der Waals surface area contributed by atoms with E-state index in [0.717, 1.165) is 12.8 Å². The number of hydrogen-bond donors (Lipinski definition) is 0. The number of fused-ring (bicyclic) bond motifs is 1. The molecule has 0 radical (unpaired) electrons. The van der Waals surface area contributed by atoms with Crippen molar-refractivity contribution in [3.05, 3.63) is 11.6 Å². The van der Waals surface area contributed by atoms with Gasteiger partial charge in [0.05, 0.1) is 0 Å². The summed E-state index contributed by atoms with van der Waals surface area (Å²) in [5.74, 6) is 1.04. The van der Waals surface area contributed by atoms with Gasteiger partial charge in [0.25, 0.3) is 0 Å². The number of allylic oxidation sites excluding steroid dienone is 2. The Morgan fingerprint density at radius 1 is 1.38 bits per heavy atom. The topological polar surface area (TPSA) is 17.1 Å². The van der Waals surface area contributed by atoms with Crippen molar-refractivity contribution < 1.29 is 4.79 Å². The number of hydrogen-bond acceptors (Lipinski definition) is 1. The summed E-state index contributed by atoms with van der Waals surface area (Å²) in [5, 5.41) is 0. The zero-order chi connectivity index (χ0) is 9.47. The largest absolute Gasteiger partial charge is 0.295 e. The fraction of sp³-hybridized carbons (Fsp3) is 0.750. The molecule has 0 aromatic carbocycles. The van der Waals surface area contributed by atoms with Crippen LogP contribution in [0.25, 0.3) is 0 Å². The number of ketones is 1. The standard InChI is InChI=1S/C12H18O/c1-12(2)7-3-4-9-8-10(13)5-6-11(9)12/h8,11H,3-7H2,1-2H3/t11-/m1/s1. The van der Waals surface area contributed by atoms with Gasteiger partial charge in [-0.05, 0) is 43.1 Å². The van der Waals surface area contributed by atoms with Gasteiger partial charge in [0.15, 0.2) is 5.78 Å². The van der Waals surface area contributed by atoms with Crippen LogP contribution in [0.3, 0.4) is 0 Å². The molecule has 0 amide bonds. The van der Waals surface area contributed by atoms with E-state index in [-0.39, 0.29) is 0 Å². The Hall–Kier alpha value is -0.590. The predicted octanol–water partition coefficient (Wildman–Crippen LogP) is 3.10. The number of carbonyl (C=O) groups is 1. The molecule has 0 unspecified atom stereocenters. The van der Waals surface area contributed by atoms with Gasteiger partial charge in [0.2, 0.25) is 0 Å². The Labute approximate surface area is 80.2 Å². The smallest absolute Gasteiger partial charge is 0.155 e. The van der Waals surface area contributed by atoms with Gasteiger partial charge in [-0.2, -0.15) is 0 Å². The third kappa shape index (κ3) is 1.56. The lowest BCUT2D eigenvalue weighted by molar-refractivity contribution is -0.115. The second-order valence-electron chi connectivity index (χ2n) is 5.12. The Kier molecular flexibility index (Phi) is 2.05. The lowest BCUT2D eigenvalue weighted by Gasteiger charge is -2.42. The molecule has 72 valence electrons. The van der Waals surface area contributed by atoms with Crippen molar-refractivity contribution in [2.45, 2.75) is 46.0 Å². The minimum absolute atomic E-state index is 0.351. The Morgan fingerprint density at radius 3 is 2.92 bits per heavy atom. The van der Waals surface area contributed by atoms with Gasteiger partial charge in [0, 0.05) is 6.42 Å². The zero-order valence-corrected chi connectivity index (χ0v) is 8.60. The number of carbonyl (C=O) groups excluding carboxylic acids is 1. The fourth-order valence-corrected chi connectivity index (χ4v) is 2.91. The van der Waals surface area contributed by atoms with E-state index in [1.807, 2.05) is 6.08 Å². The van der Waals surface area contributed by atoms with Crippen LogP contribution in [-0.4, -0.2) is 5.78 Å². The molecule has 0 spiro atoms. The highest BCUT2D eigenvalue weighted by molar-refractivity contribution is 5.91. The molecule has 1 atom stereocenters. The van der Waals surface area contributed by atoms with E-state index in [0.29, 0.717) is 17.1 Å². The molecule has 0 aromatic heterocycles. The molecule has 13 heavy (non-hydrogen) atoms. The Balaban J connectivity index is 2.28. The predicted molar refractivity (Wildman–Crippen MR) is 53.4 cm³/mol. The monoisotopic (exact) mass is 178 g/mol. The van der Waals surface area contributed by atoms with Gasteiger partial charge in [-0.3, -0.25) is 4.79 Å². The zero-order valence-electron chi connectivity index (χ0n) is 8.60. The van der Waals surface area contributed by atoms with E-state index < -0.39 is 0 Å². The molecule has 1 saturated carbocycles. The molecule has 0 saturated heterocycles. The average molecular weight is 178 g/mol. The Bertz CT molecular complexity index is 260. The van der Waals surface area contributed by atoms with Crippen molar-refractivity contribution in [1.29, 1.82) is 0 Å². The maximum Gasteiger partial charge on any atom is 0.155 e. The highest BCUT2D eigenvalue weighted by atomic mass is 16.1. The third-order valence-electron chi connectivity index (χ3n) is 3.70. The second-order valence-corrected chi connectivity index (χ2v) is 5.12. The quantitative estimate of drug-likeness (QED) is 0.557. The van der Waals surface area contributed by atoms with Crippen LogP contribution < -0.4 is 0 Å². The van der Waals surface area contributed by atoms with E-state index in [1.54, 1.807) is 0 Å². The van der Waals surface area contributed by atoms with Crippen LogP contribution in [0.2, 0.25) is 0 Å². The first kappa shape index (κ1) is 8.98. The number of rotatable bonds is 0. The first-order chi connectivity index (χ1) is 6.09. The maximum absolute atomic E-state index is 11.3. The molecule has 0 heterocycles. The second kappa shape index (κ2) is 2.97. The van der Waals surface area contributed by atoms with Gasteiger partial charge in [0.1, 0.15) is 0 Å². The SMILES string of the molecule is CC1(C)CCCC2=CC(=O)CC[C@H]21. The molecule has 2 aliphatic carbocycles. The maximum atomic E-state index is 11.3. The summed E-state index contributed by atoms with van der Waals surface area (Å²) in [6.45, 7) is 4.70. The molecule has 2 rings (SSSR count). The molecule has 0 aliphatic heterocycles. The summed E-state index contributed by atoms with van der Waals surface area (Å²) in [4.78, 5) is 11.3. The van der Waals surface area contributed by atoms with E-state index in [9.17, 15) is 4.79 Å². The van der Waals surface area contributed by atoms with Crippen molar-refractivity contribution in [2.24, 2.45) is 11.3 Å². The molecular weight excluding hydrogens is 160 g/mol. The van der Waals surface area contributed by atoms with Crippen molar-refractivity contribution in [3.63, 3.8) is 0 Å². The van der Waals surface area contributed by atoms with Crippen LogP contribution in [0.5, 0.6) is 0 Å². The summed E-state index contributed by atoms with van der Waals surface area (Å²) in [5.41, 5.74) is 1.87. The van der Waals surface area contributed by atoms with Crippen LogP contribution in [0.15, 0.2) is 11.6 Å². The Morgan fingerprint density at radius 2 is 2.15 bits per heavy atom. The van der Waals surface area contributed by atoms with Gasteiger partial charge in [-0.1, -0.05) is 19.4 Å². The highest BCUT2D eigenvalue weighted by Gasteiger charge is 2.37. The summed E-state index contributed by atoms with van der Waals surface area (Å²) in [6, 6.07) is 0. The molecule has 1 heteroatoms. The first-order valence-corrected chi connectivity index (χ1v) is 5.33. The highest BCUT2D eigenvalue weighted by Crippen LogP contribution is 2.47. The molecule has 1 nitrogen and oxygen atoms in total. The van der Waals surface area contributed by atoms with Crippen molar-refractivity contribution in [3.8, 4) is 0 Å². The third-order valence-corrected chi connectivity index (χ3v) is 3.70. The molecule has 0 aromatic rings. The average Bonchev–Trinajstić information content (AvgIpc) is 2.02. The minimum atomic E-state index is 0.351. The van der Waals surface area contributed by atoms with E-state index in [4.69, 9.17) is 0 Å². The van der Waals surface area contributed by atoms with Gasteiger partial charge >= 0.3 is 0 Å². The van der Waals surface area contributed by atoms with Crippen LogP contribution in [0.4, 0.5) is 0 Å². The van der Waals surface area contributed by atoms with Gasteiger partial charge in [-0.25, -0.2) is 0 Å². The van der Waals surface area contributed by atoms with E-state index in [2.05, 4.69) is 13.8 Å². The minimum Gasteiger partial charge on any atom is -0.295 e. The van der Waals surface area contributed by atoms with Crippen LogP contribution in [-0.2, 0) is 4.79 Å². The van der Waals surface area contributed by atoms with Crippen LogP contribution in [0, 0.1) is 11.3 Å². The van der Waals surface area contributed by atoms with E-state index >= 15 is 0 Å². The summed E-state index contributed by atoms with van der Waals surface area (Å²) >= 11 is 0.